The predicted octanol–water partition coefficient (Wildman–Crippen LogP) is 0.310. The number of rotatable bonds is 5. The van der Waals surface area contributed by atoms with E-state index < -0.39 is 15.7 Å². The Labute approximate surface area is 113 Å². The van der Waals surface area contributed by atoms with Crippen molar-refractivity contribution >= 4 is 15.7 Å². The monoisotopic (exact) mass is 282 g/mol. The largest absolute Gasteiger partial charge is 0.366 e. The fraction of sp³-hybridized carbons (Fsp3) is 0.462. The summed E-state index contributed by atoms with van der Waals surface area (Å²) in [6.45, 7) is 1.37. The Balaban J connectivity index is 1.78. The van der Waals surface area contributed by atoms with E-state index in [9.17, 15) is 13.2 Å². The summed E-state index contributed by atoms with van der Waals surface area (Å²) >= 11 is 0. The lowest BCUT2D eigenvalue weighted by Gasteiger charge is -2.09. The van der Waals surface area contributed by atoms with Gasteiger partial charge < -0.3 is 11.1 Å². The summed E-state index contributed by atoms with van der Waals surface area (Å²) in [4.78, 5) is 10.9. The molecule has 0 radical (unpaired) electrons. The second-order valence-electron chi connectivity index (χ2n) is 4.96. The number of carbonyl (C=O) groups excluding carboxylic acids is 1. The minimum atomic E-state index is -2.80. The fourth-order valence-corrected chi connectivity index (χ4v) is 4.10. The van der Waals surface area contributed by atoms with Crippen LogP contribution in [0.5, 0.6) is 0 Å². The molecule has 0 spiro atoms. The number of sulfone groups is 1. The van der Waals surface area contributed by atoms with Crippen molar-refractivity contribution in [3.63, 3.8) is 0 Å². The average Bonchev–Trinajstić information content (AvgIpc) is 2.69. The van der Waals surface area contributed by atoms with E-state index in [0.717, 1.165) is 12.0 Å². The van der Waals surface area contributed by atoms with Gasteiger partial charge in [0.15, 0.2) is 9.84 Å². The summed E-state index contributed by atoms with van der Waals surface area (Å²) in [5.74, 6) is 0.387. The first-order valence-corrected chi connectivity index (χ1v) is 8.08. The molecule has 1 fully saturated rings. The zero-order valence-corrected chi connectivity index (χ0v) is 11.4. The molecule has 19 heavy (non-hydrogen) atoms. The molecule has 1 saturated heterocycles. The van der Waals surface area contributed by atoms with Gasteiger partial charge in [-0.05, 0) is 36.6 Å². The van der Waals surface area contributed by atoms with Gasteiger partial charge in [-0.2, -0.15) is 0 Å². The van der Waals surface area contributed by atoms with Crippen LogP contribution in [0.15, 0.2) is 24.3 Å². The molecule has 1 amide bonds. The number of hydrogen-bond donors (Lipinski definition) is 2. The van der Waals surface area contributed by atoms with Gasteiger partial charge in [0.05, 0.1) is 11.5 Å². The maximum Gasteiger partial charge on any atom is 0.248 e. The van der Waals surface area contributed by atoms with Gasteiger partial charge in [-0.3, -0.25) is 4.79 Å². The number of carbonyl (C=O) groups is 1. The van der Waals surface area contributed by atoms with Crippen LogP contribution >= 0.6 is 0 Å². The molecule has 1 unspecified atom stereocenters. The average molecular weight is 282 g/mol. The Morgan fingerprint density at radius 2 is 2.00 bits per heavy atom. The van der Waals surface area contributed by atoms with E-state index in [0.29, 0.717) is 30.2 Å². The van der Waals surface area contributed by atoms with E-state index in [1.807, 2.05) is 12.1 Å². The quantitative estimate of drug-likeness (QED) is 0.813. The topological polar surface area (TPSA) is 89.3 Å². The fourth-order valence-electron chi connectivity index (χ4n) is 2.24. The molecule has 1 aliphatic heterocycles. The summed E-state index contributed by atoms with van der Waals surface area (Å²) in [6.07, 6.45) is 0.746. The van der Waals surface area contributed by atoms with Gasteiger partial charge >= 0.3 is 0 Å². The standard InChI is InChI=1S/C13H18N2O3S/c14-13(16)12-3-1-10(2-4-12)7-15-8-11-5-6-19(17,18)9-11/h1-4,11,15H,5-9H2,(H2,14,16). The van der Waals surface area contributed by atoms with Crippen molar-refractivity contribution < 1.29 is 13.2 Å². The number of primary amides is 1. The van der Waals surface area contributed by atoms with Crippen molar-refractivity contribution in [2.24, 2.45) is 11.7 Å². The molecule has 0 bridgehead atoms. The van der Waals surface area contributed by atoms with Gasteiger partial charge in [-0.25, -0.2) is 8.42 Å². The van der Waals surface area contributed by atoms with Crippen molar-refractivity contribution in [3.05, 3.63) is 35.4 Å². The van der Waals surface area contributed by atoms with E-state index in [-0.39, 0.29) is 5.92 Å². The van der Waals surface area contributed by atoms with Crippen LogP contribution in [0.25, 0.3) is 0 Å². The highest BCUT2D eigenvalue weighted by Gasteiger charge is 2.27. The molecule has 0 saturated carbocycles. The van der Waals surface area contributed by atoms with Crippen LogP contribution in [0, 0.1) is 5.92 Å². The predicted molar refractivity (Wildman–Crippen MR) is 73.4 cm³/mol. The maximum atomic E-state index is 11.3. The van der Waals surface area contributed by atoms with Crippen LogP contribution in [-0.4, -0.2) is 32.4 Å². The summed E-state index contributed by atoms with van der Waals surface area (Å²) in [5, 5.41) is 3.25. The van der Waals surface area contributed by atoms with Gasteiger partial charge in [0.2, 0.25) is 5.91 Å². The van der Waals surface area contributed by atoms with Crippen LogP contribution in [0.2, 0.25) is 0 Å². The lowest BCUT2D eigenvalue weighted by molar-refractivity contribution is 0.100. The molecule has 2 rings (SSSR count). The Kier molecular flexibility index (Phi) is 4.21. The van der Waals surface area contributed by atoms with Crippen LogP contribution in [0.4, 0.5) is 0 Å². The van der Waals surface area contributed by atoms with Crippen LogP contribution in [0.3, 0.4) is 0 Å². The number of nitrogens with one attached hydrogen (secondary N) is 1. The minimum Gasteiger partial charge on any atom is -0.366 e. The number of hydrogen-bond acceptors (Lipinski definition) is 4. The first-order chi connectivity index (χ1) is 8.96. The van der Waals surface area contributed by atoms with Crippen molar-refractivity contribution in [2.45, 2.75) is 13.0 Å². The lowest BCUT2D eigenvalue weighted by atomic mass is 10.1. The number of amides is 1. The van der Waals surface area contributed by atoms with E-state index in [2.05, 4.69) is 5.32 Å². The SMILES string of the molecule is NC(=O)c1ccc(CNCC2CCS(=O)(=O)C2)cc1. The highest BCUT2D eigenvalue weighted by atomic mass is 32.2. The van der Waals surface area contributed by atoms with Crippen LogP contribution < -0.4 is 11.1 Å². The summed E-state index contributed by atoms with van der Waals surface area (Å²) in [5.41, 5.74) is 6.70. The van der Waals surface area contributed by atoms with Crippen molar-refractivity contribution in [3.8, 4) is 0 Å². The van der Waals surface area contributed by atoms with Crippen molar-refractivity contribution in [1.29, 1.82) is 0 Å². The summed E-state index contributed by atoms with van der Waals surface area (Å²) in [6, 6.07) is 7.08. The van der Waals surface area contributed by atoms with Gasteiger partial charge in [0, 0.05) is 12.1 Å². The molecule has 0 aromatic heterocycles. The number of benzene rings is 1. The highest BCUT2D eigenvalue weighted by Crippen LogP contribution is 2.17. The number of nitrogens with two attached hydrogens (primary N) is 1. The zero-order valence-electron chi connectivity index (χ0n) is 10.6. The molecule has 0 aliphatic carbocycles. The van der Waals surface area contributed by atoms with Crippen molar-refractivity contribution in [2.75, 3.05) is 18.1 Å². The van der Waals surface area contributed by atoms with Crippen LogP contribution in [0.1, 0.15) is 22.3 Å². The third-order valence-corrected chi connectivity index (χ3v) is 5.16. The molecule has 1 aromatic rings. The highest BCUT2D eigenvalue weighted by molar-refractivity contribution is 7.91. The van der Waals surface area contributed by atoms with E-state index >= 15 is 0 Å². The normalized spacial score (nSPS) is 21.4. The van der Waals surface area contributed by atoms with Gasteiger partial charge in [0.1, 0.15) is 0 Å². The minimum absolute atomic E-state index is 0.217. The van der Waals surface area contributed by atoms with Crippen molar-refractivity contribution in [1.82, 2.24) is 5.32 Å². The second-order valence-corrected chi connectivity index (χ2v) is 7.19. The molecule has 1 atom stereocenters. The van der Waals surface area contributed by atoms with Gasteiger partial charge in [-0.1, -0.05) is 12.1 Å². The summed E-state index contributed by atoms with van der Waals surface area (Å²) < 4.78 is 22.6. The Bertz CT molecular complexity index is 552. The maximum absolute atomic E-state index is 11.3. The molecule has 6 heteroatoms. The lowest BCUT2D eigenvalue weighted by Crippen LogP contribution is -2.23. The van der Waals surface area contributed by atoms with Gasteiger partial charge in [-0.15, -0.1) is 0 Å². The third-order valence-electron chi connectivity index (χ3n) is 3.33. The smallest absolute Gasteiger partial charge is 0.248 e. The van der Waals surface area contributed by atoms with E-state index in [4.69, 9.17) is 5.73 Å². The zero-order chi connectivity index (χ0) is 13.9. The Morgan fingerprint density at radius 3 is 2.53 bits per heavy atom. The molecule has 1 aromatic carbocycles. The molecule has 3 N–H and O–H groups in total. The second kappa shape index (κ2) is 5.71. The molecular formula is C13H18N2O3S. The molecular weight excluding hydrogens is 264 g/mol. The molecule has 1 aliphatic rings. The molecule has 5 nitrogen and oxygen atoms in total. The first kappa shape index (κ1) is 14.0. The molecule has 104 valence electrons. The molecule has 1 heterocycles. The first-order valence-electron chi connectivity index (χ1n) is 6.26. The summed E-state index contributed by atoms with van der Waals surface area (Å²) in [7, 11) is -2.80. The Morgan fingerprint density at radius 1 is 1.32 bits per heavy atom. The van der Waals surface area contributed by atoms with E-state index in [1.54, 1.807) is 12.1 Å². The van der Waals surface area contributed by atoms with E-state index in [1.165, 1.54) is 0 Å². The van der Waals surface area contributed by atoms with Crippen LogP contribution in [-0.2, 0) is 16.4 Å². The third kappa shape index (κ3) is 4.04. The van der Waals surface area contributed by atoms with Gasteiger partial charge in [0.25, 0.3) is 0 Å². The Hall–Kier alpha value is -1.40.